The average molecular weight is 352 g/mol. The van der Waals surface area contributed by atoms with Crippen molar-refractivity contribution in [3.63, 3.8) is 0 Å². The normalized spacial score (nSPS) is 25.2. The summed E-state index contributed by atoms with van der Waals surface area (Å²) >= 11 is 0. The summed E-state index contributed by atoms with van der Waals surface area (Å²) in [4.78, 5) is 0. The van der Waals surface area contributed by atoms with Gasteiger partial charge in [0.25, 0.3) is 0 Å². The van der Waals surface area contributed by atoms with Crippen LogP contribution in [0.4, 0.5) is 0 Å². The standard InChI is InChI=1S/2C7H11.2ClH.Zr/c2*1-6-3-4-7(2)5-6;;;/h2*6H,3-4H2,1-2H3;2*1H;/q2*-1;;;+4/p-2. The Morgan fingerprint density at radius 1 is 0.824 bits per heavy atom. The van der Waals surface area contributed by atoms with Crippen LogP contribution in [0.15, 0.2) is 11.1 Å². The summed E-state index contributed by atoms with van der Waals surface area (Å²) < 4.78 is 0. The zero-order valence-electron chi connectivity index (χ0n) is 11.2. The fourth-order valence-electron chi connectivity index (χ4n) is 2.00. The molecule has 17 heavy (non-hydrogen) atoms. The van der Waals surface area contributed by atoms with Gasteiger partial charge in [0, 0.05) is 0 Å². The van der Waals surface area contributed by atoms with E-state index in [4.69, 9.17) is 0 Å². The predicted octanol–water partition coefficient (Wildman–Crippen LogP) is -1.66. The van der Waals surface area contributed by atoms with Gasteiger partial charge in [0.1, 0.15) is 0 Å². The summed E-state index contributed by atoms with van der Waals surface area (Å²) in [6, 6.07) is 0. The first-order chi connectivity index (χ1) is 6.58. The van der Waals surface area contributed by atoms with E-state index in [1.54, 1.807) is 0 Å². The van der Waals surface area contributed by atoms with Crippen LogP contribution in [0.2, 0.25) is 0 Å². The molecule has 0 nitrogen and oxygen atoms in total. The molecule has 0 spiro atoms. The monoisotopic (exact) mass is 350 g/mol. The topological polar surface area (TPSA) is 0 Å². The molecule has 0 heterocycles. The van der Waals surface area contributed by atoms with Gasteiger partial charge in [-0.3, -0.25) is 11.1 Å². The Labute approximate surface area is 139 Å². The van der Waals surface area contributed by atoms with Crippen molar-refractivity contribution in [1.29, 1.82) is 0 Å². The summed E-state index contributed by atoms with van der Waals surface area (Å²) in [5.74, 6) is 1.47. The molecule has 0 bridgehead atoms. The minimum Gasteiger partial charge on any atom is -1.00 e. The number of rotatable bonds is 0. The second kappa shape index (κ2) is 12.0. The number of hydrogen-bond donors (Lipinski definition) is 0. The Morgan fingerprint density at radius 2 is 1.12 bits per heavy atom. The van der Waals surface area contributed by atoms with E-state index >= 15 is 0 Å². The molecule has 0 radical (unpaired) electrons. The number of hydrogen-bond acceptors (Lipinski definition) is 0. The van der Waals surface area contributed by atoms with Gasteiger partial charge in [-0.1, -0.05) is 53.4 Å². The number of halogens is 2. The molecular weight excluding hydrogens is 330 g/mol. The molecule has 2 rings (SSSR count). The first-order valence-corrected chi connectivity index (χ1v) is 5.76. The largest absolute Gasteiger partial charge is 4.00 e. The third kappa shape index (κ3) is 10.5. The van der Waals surface area contributed by atoms with E-state index in [1.807, 2.05) is 0 Å². The minimum absolute atomic E-state index is 0. The van der Waals surface area contributed by atoms with E-state index in [-0.39, 0.29) is 51.0 Å². The second-order valence-electron chi connectivity index (χ2n) is 4.73. The SMILES string of the molecule is CC1=[C-]C(C)CC1.CC1=[C-]C(C)CC1.[Cl-].[Cl-].[Zr+4]. The van der Waals surface area contributed by atoms with Crippen LogP contribution in [0.1, 0.15) is 53.4 Å². The Kier molecular flexibility index (Phi) is 16.3. The van der Waals surface area contributed by atoms with Crippen molar-refractivity contribution in [2.75, 3.05) is 0 Å². The van der Waals surface area contributed by atoms with E-state index in [0.29, 0.717) is 0 Å². The van der Waals surface area contributed by atoms with Crippen LogP contribution < -0.4 is 24.8 Å². The zero-order valence-corrected chi connectivity index (χ0v) is 15.2. The van der Waals surface area contributed by atoms with Gasteiger partial charge in [0.2, 0.25) is 0 Å². The molecular formula is C14H22Cl2Zr. The fourth-order valence-corrected chi connectivity index (χ4v) is 2.00. The summed E-state index contributed by atoms with van der Waals surface area (Å²) in [6.07, 6.45) is 11.9. The molecule has 0 aromatic heterocycles. The molecule has 0 aromatic carbocycles. The Morgan fingerprint density at radius 3 is 1.18 bits per heavy atom. The Balaban J connectivity index is -0.000000196. The molecule has 2 aliphatic rings. The van der Waals surface area contributed by atoms with Crippen LogP contribution in [0.25, 0.3) is 0 Å². The quantitative estimate of drug-likeness (QED) is 0.458. The van der Waals surface area contributed by atoms with Crippen molar-refractivity contribution in [3.05, 3.63) is 23.3 Å². The molecule has 2 atom stereocenters. The van der Waals surface area contributed by atoms with Crippen LogP contribution in [0, 0.1) is 24.0 Å². The van der Waals surface area contributed by atoms with Gasteiger partial charge >= 0.3 is 26.2 Å². The Bertz CT molecular complexity index is 221. The maximum absolute atomic E-state index is 3.33. The van der Waals surface area contributed by atoms with Gasteiger partial charge in [-0.15, -0.1) is 0 Å². The molecule has 0 saturated carbocycles. The molecule has 0 fully saturated rings. The summed E-state index contributed by atoms with van der Waals surface area (Å²) in [6.45, 7) is 8.75. The van der Waals surface area contributed by atoms with E-state index in [0.717, 1.165) is 11.8 Å². The first kappa shape index (κ1) is 23.1. The maximum atomic E-state index is 3.33. The fraction of sp³-hybridized carbons (Fsp3) is 0.714. The third-order valence-electron chi connectivity index (χ3n) is 2.89. The smallest absolute Gasteiger partial charge is 1.00 e. The van der Waals surface area contributed by atoms with Crippen molar-refractivity contribution in [3.8, 4) is 0 Å². The molecule has 0 saturated heterocycles. The Hall–Kier alpha value is 0.943. The molecule has 0 aliphatic heterocycles. The van der Waals surface area contributed by atoms with Crippen LogP contribution in [-0.2, 0) is 26.2 Å². The van der Waals surface area contributed by atoms with Crippen LogP contribution in [0.5, 0.6) is 0 Å². The predicted molar refractivity (Wildman–Crippen MR) is 61.7 cm³/mol. The molecule has 96 valence electrons. The van der Waals surface area contributed by atoms with E-state index in [9.17, 15) is 0 Å². The van der Waals surface area contributed by atoms with E-state index < -0.39 is 0 Å². The van der Waals surface area contributed by atoms with Crippen LogP contribution in [-0.4, -0.2) is 0 Å². The zero-order chi connectivity index (χ0) is 10.6. The van der Waals surface area contributed by atoms with E-state index in [2.05, 4.69) is 39.8 Å². The molecule has 2 aliphatic carbocycles. The summed E-state index contributed by atoms with van der Waals surface area (Å²) in [7, 11) is 0. The van der Waals surface area contributed by atoms with Gasteiger partial charge in [0.15, 0.2) is 0 Å². The number of allylic oxidation sites excluding steroid dienone is 4. The molecule has 0 N–H and O–H groups in total. The third-order valence-corrected chi connectivity index (χ3v) is 2.89. The van der Waals surface area contributed by atoms with Crippen molar-refractivity contribution < 1.29 is 51.0 Å². The van der Waals surface area contributed by atoms with Crippen LogP contribution in [0.3, 0.4) is 0 Å². The summed E-state index contributed by atoms with van der Waals surface area (Å²) in [5, 5.41) is 0. The molecule has 3 heteroatoms. The van der Waals surface area contributed by atoms with Crippen molar-refractivity contribution in [1.82, 2.24) is 0 Å². The molecule has 0 aromatic rings. The van der Waals surface area contributed by atoms with Crippen LogP contribution >= 0.6 is 0 Å². The molecule has 0 amide bonds. The van der Waals surface area contributed by atoms with Crippen molar-refractivity contribution >= 4 is 0 Å². The average Bonchev–Trinajstić information content (AvgIpc) is 2.63. The van der Waals surface area contributed by atoms with Gasteiger partial charge in [-0.25, -0.2) is 0 Å². The van der Waals surface area contributed by atoms with Gasteiger partial charge in [-0.05, 0) is 0 Å². The van der Waals surface area contributed by atoms with Crippen molar-refractivity contribution in [2.24, 2.45) is 11.8 Å². The molecule has 2 unspecified atom stereocenters. The van der Waals surface area contributed by atoms with Gasteiger partial charge in [-0.2, -0.15) is 11.8 Å². The second-order valence-corrected chi connectivity index (χ2v) is 4.73. The summed E-state index contributed by atoms with van der Waals surface area (Å²) in [5.41, 5.74) is 2.90. The van der Waals surface area contributed by atoms with Crippen molar-refractivity contribution in [2.45, 2.75) is 53.4 Å². The first-order valence-electron chi connectivity index (χ1n) is 5.76. The maximum Gasteiger partial charge on any atom is 4.00 e. The van der Waals surface area contributed by atoms with Gasteiger partial charge < -0.3 is 37.0 Å². The minimum atomic E-state index is 0. The van der Waals surface area contributed by atoms with E-state index in [1.165, 1.54) is 36.8 Å². The van der Waals surface area contributed by atoms with Gasteiger partial charge in [0.05, 0.1) is 0 Å².